The summed E-state index contributed by atoms with van der Waals surface area (Å²) in [6.45, 7) is 7.21. The van der Waals surface area contributed by atoms with E-state index in [2.05, 4.69) is 29.4 Å². The number of carbonyl (C=O) groups excluding carboxylic acids is 2. The van der Waals surface area contributed by atoms with Crippen molar-refractivity contribution in [3.8, 4) is 17.0 Å². The molecule has 2 unspecified atom stereocenters. The number of aromatic nitrogens is 2. The van der Waals surface area contributed by atoms with Crippen molar-refractivity contribution in [1.29, 1.82) is 0 Å². The first-order chi connectivity index (χ1) is 13.9. The van der Waals surface area contributed by atoms with Crippen molar-refractivity contribution in [2.75, 3.05) is 13.7 Å². The molecule has 0 aliphatic carbocycles. The van der Waals surface area contributed by atoms with E-state index in [9.17, 15) is 9.59 Å². The minimum absolute atomic E-state index is 0.0171. The number of hydrogen-bond acceptors (Lipinski definition) is 4. The van der Waals surface area contributed by atoms with Crippen molar-refractivity contribution in [2.24, 2.45) is 11.8 Å². The van der Waals surface area contributed by atoms with Gasteiger partial charge in [0.15, 0.2) is 0 Å². The number of carbonyl (C=O) groups is 2. The maximum Gasteiger partial charge on any atom is 0.225 e. The molecule has 29 heavy (non-hydrogen) atoms. The van der Waals surface area contributed by atoms with E-state index in [0.717, 1.165) is 22.6 Å². The van der Waals surface area contributed by atoms with Gasteiger partial charge in [0, 0.05) is 36.7 Å². The number of amides is 2. The molecule has 1 aromatic heterocycles. The van der Waals surface area contributed by atoms with Gasteiger partial charge in [-0.15, -0.1) is 0 Å². The van der Waals surface area contributed by atoms with Gasteiger partial charge in [-0.2, -0.15) is 5.10 Å². The molecular weight excluding hydrogens is 368 g/mol. The van der Waals surface area contributed by atoms with Gasteiger partial charge in [0.1, 0.15) is 5.75 Å². The van der Waals surface area contributed by atoms with Crippen molar-refractivity contribution in [2.45, 2.75) is 46.2 Å². The van der Waals surface area contributed by atoms with Crippen molar-refractivity contribution < 1.29 is 14.3 Å². The number of H-pyrrole nitrogens is 1. The number of nitrogens with one attached hydrogen (secondary N) is 2. The monoisotopic (exact) mass is 398 g/mol. The number of benzene rings is 1. The van der Waals surface area contributed by atoms with Crippen LogP contribution in [0.5, 0.6) is 5.75 Å². The Morgan fingerprint density at radius 1 is 1.41 bits per heavy atom. The third-order valence-corrected chi connectivity index (χ3v) is 5.49. The normalized spacial score (nSPS) is 19.5. The second-order valence-electron chi connectivity index (χ2n) is 8.05. The average molecular weight is 399 g/mol. The third kappa shape index (κ3) is 4.78. The van der Waals surface area contributed by atoms with Crippen molar-refractivity contribution in [3.05, 3.63) is 36.0 Å². The lowest BCUT2D eigenvalue weighted by Crippen LogP contribution is -2.52. The highest BCUT2D eigenvalue weighted by atomic mass is 16.5. The van der Waals surface area contributed by atoms with Crippen LogP contribution in [0, 0.1) is 11.8 Å². The van der Waals surface area contributed by atoms with E-state index in [-0.39, 0.29) is 23.8 Å². The van der Waals surface area contributed by atoms with Crippen LogP contribution in [0.4, 0.5) is 0 Å². The predicted octanol–water partition coefficient (Wildman–Crippen LogP) is 2.98. The van der Waals surface area contributed by atoms with Crippen LogP contribution in [0.1, 0.15) is 39.2 Å². The molecule has 1 aliphatic heterocycles. The van der Waals surface area contributed by atoms with Crippen molar-refractivity contribution >= 4 is 11.8 Å². The zero-order valence-electron chi connectivity index (χ0n) is 17.6. The average Bonchev–Trinajstić information content (AvgIpc) is 3.18. The van der Waals surface area contributed by atoms with E-state index in [1.807, 2.05) is 36.1 Å². The maximum absolute atomic E-state index is 12.9. The molecule has 2 aromatic rings. The van der Waals surface area contributed by atoms with Crippen LogP contribution in [-0.2, 0) is 16.1 Å². The Morgan fingerprint density at radius 3 is 2.93 bits per heavy atom. The van der Waals surface area contributed by atoms with Gasteiger partial charge in [0.05, 0.1) is 24.9 Å². The summed E-state index contributed by atoms with van der Waals surface area (Å²) >= 11 is 0. The molecule has 2 heterocycles. The summed E-state index contributed by atoms with van der Waals surface area (Å²) in [6.07, 6.45) is 2.75. The fraction of sp³-hybridized carbons (Fsp3) is 0.500. The Morgan fingerprint density at radius 2 is 2.21 bits per heavy atom. The summed E-state index contributed by atoms with van der Waals surface area (Å²) < 4.78 is 5.29. The van der Waals surface area contributed by atoms with Gasteiger partial charge < -0.3 is 15.0 Å². The summed E-state index contributed by atoms with van der Waals surface area (Å²) in [5.74, 6) is 1.07. The lowest BCUT2D eigenvalue weighted by atomic mass is 9.88. The van der Waals surface area contributed by atoms with E-state index >= 15 is 0 Å². The number of piperidine rings is 1. The number of hydrogen-bond donors (Lipinski definition) is 2. The number of rotatable bonds is 7. The minimum Gasteiger partial charge on any atom is -0.497 e. The SMILES string of the molecule is COc1cccc(-c2[nH]ncc2CNC(=O)C2CCC(=O)N(CC(C)C)C2C)c1. The van der Waals surface area contributed by atoms with Gasteiger partial charge >= 0.3 is 0 Å². The molecule has 7 heteroatoms. The van der Waals surface area contributed by atoms with Crippen molar-refractivity contribution in [3.63, 3.8) is 0 Å². The Bertz CT molecular complexity index is 861. The van der Waals surface area contributed by atoms with Crippen LogP contribution in [-0.4, -0.2) is 46.6 Å². The lowest BCUT2D eigenvalue weighted by Gasteiger charge is -2.39. The highest BCUT2D eigenvalue weighted by Gasteiger charge is 2.36. The number of likely N-dealkylation sites (tertiary alicyclic amines) is 1. The number of aromatic amines is 1. The van der Waals surface area contributed by atoms with Crippen molar-refractivity contribution in [1.82, 2.24) is 20.4 Å². The van der Waals surface area contributed by atoms with E-state index < -0.39 is 0 Å². The second-order valence-corrected chi connectivity index (χ2v) is 8.05. The Balaban J connectivity index is 1.67. The van der Waals surface area contributed by atoms with E-state index in [1.165, 1.54) is 0 Å². The van der Waals surface area contributed by atoms with E-state index in [1.54, 1.807) is 13.3 Å². The first-order valence-electron chi connectivity index (χ1n) is 10.1. The summed E-state index contributed by atoms with van der Waals surface area (Å²) in [6, 6.07) is 7.61. The Kier molecular flexibility index (Phi) is 6.56. The summed E-state index contributed by atoms with van der Waals surface area (Å²) in [4.78, 5) is 27.0. The molecule has 7 nitrogen and oxygen atoms in total. The van der Waals surface area contributed by atoms with Crippen LogP contribution in [0.2, 0.25) is 0 Å². The predicted molar refractivity (Wildman–Crippen MR) is 111 cm³/mol. The van der Waals surface area contributed by atoms with Gasteiger partial charge in [-0.3, -0.25) is 14.7 Å². The van der Waals surface area contributed by atoms with E-state index in [0.29, 0.717) is 31.8 Å². The molecule has 3 rings (SSSR count). The van der Waals surface area contributed by atoms with Crippen LogP contribution >= 0.6 is 0 Å². The zero-order chi connectivity index (χ0) is 21.0. The van der Waals surface area contributed by atoms with Gasteiger partial charge in [0.25, 0.3) is 0 Å². The fourth-order valence-electron chi connectivity index (χ4n) is 3.91. The quantitative estimate of drug-likeness (QED) is 0.751. The molecule has 0 spiro atoms. The first-order valence-corrected chi connectivity index (χ1v) is 10.1. The largest absolute Gasteiger partial charge is 0.497 e. The third-order valence-electron chi connectivity index (χ3n) is 5.49. The highest BCUT2D eigenvalue weighted by molar-refractivity contribution is 5.84. The molecular formula is C22H30N4O3. The molecule has 0 saturated carbocycles. The Hall–Kier alpha value is -2.83. The number of methoxy groups -OCH3 is 1. The summed E-state index contributed by atoms with van der Waals surface area (Å²) in [5, 5.41) is 10.2. The van der Waals surface area contributed by atoms with E-state index in [4.69, 9.17) is 4.74 Å². The van der Waals surface area contributed by atoms with Gasteiger partial charge in [-0.1, -0.05) is 26.0 Å². The first kappa shape index (κ1) is 20.9. The molecule has 1 aliphatic rings. The summed E-state index contributed by atoms with van der Waals surface area (Å²) in [7, 11) is 1.63. The molecule has 2 atom stereocenters. The highest BCUT2D eigenvalue weighted by Crippen LogP contribution is 2.27. The van der Waals surface area contributed by atoms with Gasteiger partial charge in [-0.25, -0.2) is 0 Å². The molecule has 2 N–H and O–H groups in total. The topological polar surface area (TPSA) is 87.3 Å². The van der Waals surface area contributed by atoms with Crippen LogP contribution in [0.15, 0.2) is 30.5 Å². The number of ether oxygens (including phenoxy) is 1. The molecule has 1 aromatic carbocycles. The smallest absolute Gasteiger partial charge is 0.225 e. The maximum atomic E-state index is 12.9. The molecule has 0 bridgehead atoms. The van der Waals surface area contributed by atoms with Crippen LogP contribution < -0.4 is 10.1 Å². The number of nitrogens with zero attached hydrogens (tertiary/aromatic N) is 2. The van der Waals surface area contributed by atoms with Gasteiger partial charge in [-0.05, 0) is 31.4 Å². The zero-order valence-corrected chi connectivity index (χ0v) is 17.6. The van der Waals surface area contributed by atoms with Gasteiger partial charge in [0.2, 0.25) is 11.8 Å². The van der Waals surface area contributed by atoms with Crippen LogP contribution in [0.3, 0.4) is 0 Å². The molecule has 1 fully saturated rings. The lowest BCUT2D eigenvalue weighted by molar-refractivity contribution is -0.143. The molecule has 0 radical (unpaired) electrons. The molecule has 1 saturated heterocycles. The molecule has 2 amide bonds. The van der Waals surface area contributed by atoms with Crippen LogP contribution in [0.25, 0.3) is 11.3 Å². The second kappa shape index (κ2) is 9.11. The summed E-state index contributed by atoms with van der Waals surface area (Å²) in [5.41, 5.74) is 2.72. The fourth-order valence-corrected chi connectivity index (χ4v) is 3.91. The standard InChI is InChI=1S/C22H30N4O3/c1-14(2)13-26-15(3)19(8-9-20(26)27)22(28)23-11-17-12-24-25-21(17)16-6-5-7-18(10-16)29-4/h5-7,10,12,14-15,19H,8-9,11,13H2,1-4H3,(H,23,28)(H,24,25). The Labute approximate surface area is 171 Å². The molecule has 156 valence electrons. The minimum atomic E-state index is -0.196.